The molecule has 0 bridgehead atoms. The summed E-state index contributed by atoms with van der Waals surface area (Å²) in [5.74, 6) is 0.630. The van der Waals surface area contributed by atoms with Gasteiger partial charge < -0.3 is 5.32 Å². The Balaban J connectivity index is 1.43. The predicted octanol–water partition coefficient (Wildman–Crippen LogP) is 4.61. The quantitative estimate of drug-likeness (QED) is 0.710. The second-order valence-corrected chi connectivity index (χ2v) is 8.14. The largest absolute Gasteiger partial charge is 0.352 e. The van der Waals surface area contributed by atoms with Gasteiger partial charge in [0, 0.05) is 23.5 Å². The van der Waals surface area contributed by atoms with Gasteiger partial charge in [-0.3, -0.25) is 9.69 Å². The van der Waals surface area contributed by atoms with Gasteiger partial charge in [0.2, 0.25) is 0 Å². The molecule has 1 fully saturated rings. The summed E-state index contributed by atoms with van der Waals surface area (Å²) in [7, 11) is 0. The normalized spacial score (nSPS) is 15.6. The van der Waals surface area contributed by atoms with Crippen molar-refractivity contribution in [3.05, 3.63) is 65.2 Å². The number of hydrogen-bond donors (Lipinski definition) is 1. The minimum Gasteiger partial charge on any atom is -0.352 e. The number of carbonyl (C=O) groups excluding carboxylic acids is 1. The molecule has 1 saturated heterocycles. The van der Waals surface area contributed by atoms with E-state index in [9.17, 15) is 4.79 Å². The average molecular weight is 383 g/mol. The first kappa shape index (κ1) is 20.0. The van der Waals surface area contributed by atoms with Crippen molar-refractivity contribution >= 4 is 17.7 Å². The van der Waals surface area contributed by atoms with Gasteiger partial charge in [0.15, 0.2) is 0 Å². The number of aryl methyl sites for hydroxylation is 1. The zero-order chi connectivity index (χ0) is 19.1. The molecule has 4 heteroatoms. The van der Waals surface area contributed by atoms with E-state index in [0.29, 0.717) is 5.92 Å². The van der Waals surface area contributed by atoms with Gasteiger partial charge in [0.05, 0.1) is 0 Å². The van der Waals surface area contributed by atoms with Gasteiger partial charge in [-0.25, -0.2) is 0 Å². The summed E-state index contributed by atoms with van der Waals surface area (Å²) in [6.45, 7) is 6.15. The van der Waals surface area contributed by atoms with E-state index in [2.05, 4.69) is 47.7 Å². The van der Waals surface area contributed by atoms with Crippen LogP contribution in [-0.4, -0.2) is 36.7 Å². The van der Waals surface area contributed by atoms with Gasteiger partial charge in [0.1, 0.15) is 0 Å². The number of piperidine rings is 1. The SMILES string of the molecule is CCc1ccc(C(=O)NCC2CCN(Cc3ccccc3SC)CC2)cc1. The number of likely N-dealkylation sites (tertiary alicyclic amines) is 1. The summed E-state index contributed by atoms with van der Waals surface area (Å²) >= 11 is 1.82. The third-order valence-corrected chi connectivity index (χ3v) is 6.31. The number of benzene rings is 2. The molecule has 144 valence electrons. The molecule has 0 aromatic heterocycles. The van der Waals surface area contributed by atoms with E-state index in [1.165, 1.54) is 16.0 Å². The molecule has 2 aromatic carbocycles. The molecule has 0 atom stereocenters. The molecular weight excluding hydrogens is 352 g/mol. The molecule has 0 spiro atoms. The van der Waals surface area contributed by atoms with Crippen LogP contribution in [-0.2, 0) is 13.0 Å². The van der Waals surface area contributed by atoms with Crippen LogP contribution in [0.2, 0.25) is 0 Å². The highest BCUT2D eigenvalue weighted by Gasteiger charge is 2.20. The van der Waals surface area contributed by atoms with Crippen molar-refractivity contribution in [3.63, 3.8) is 0 Å². The molecule has 3 nitrogen and oxygen atoms in total. The first-order valence-electron chi connectivity index (χ1n) is 9.91. The Labute approximate surface area is 167 Å². The number of carbonyl (C=O) groups is 1. The van der Waals surface area contributed by atoms with Crippen molar-refractivity contribution in [1.82, 2.24) is 10.2 Å². The van der Waals surface area contributed by atoms with E-state index in [0.717, 1.165) is 51.0 Å². The van der Waals surface area contributed by atoms with Crippen LogP contribution in [0.1, 0.15) is 41.3 Å². The second kappa shape index (κ2) is 9.95. The average Bonchev–Trinajstić information content (AvgIpc) is 2.73. The van der Waals surface area contributed by atoms with Crippen LogP contribution in [0.15, 0.2) is 53.4 Å². The number of rotatable bonds is 7. The van der Waals surface area contributed by atoms with Gasteiger partial charge in [-0.15, -0.1) is 11.8 Å². The van der Waals surface area contributed by atoms with Gasteiger partial charge in [-0.2, -0.15) is 0 Å². The van der Waals surface area contributed by atoms with Crippen LogP contribution in [0.4, 0.5) is 0 Å². The molecule has 1 aliphatic heterocycles. The Morgan fingerprint density at radius 1 is 1.11 bits per heavy atom. The highest BCUT2D eigenvalue weighted by molar-refractivity contribution is 7.98. The Morgan fingerprint density at radius 3 is 2.48 bits per heavy atom. The zero-order valence-corrected chi connectivity index (χ0v) is 17.2. The fraction of sp³-hybridized carbons (Fsp3) is 0.435. The fourth-order valence-electron chi connectivity index (χ4n) is 3.65. The summed E-state index contributed by atoms with van der Waals surface area (Å²) in [6, 6.07) is 16.6. The van der Waals surface area contributed by atoms with Crippen LogP contribution >= 0.6 is 11.8 Å². The molecule has 1 N–H and O–H groups in total. The standard InChI is InChI=1S/C23H30N2OS/c1-3-18-8-10-20(11-9-18)23(26)24-16-19-12-14-25(15-13-19)17-21-6-4-5-7-22(21)27-2/h4-11,19H,3,12-17H2,1-2H3,(H,24,26). The second-order valence-electron chi connectivity index (χ2n) is 7.29. The predicted molar refractivity (Wildman–Crippen MR) is 114 cm³/mol. The van der Waals surface area contributed by atoms with Gasteiger partial charge in [0.25, 0.3) is 5.91 Å². The molecule has 0 unspecified atom stereocenters. The zero-order valence-electron chi connectivity index (χ0n) is 16.4. The van der Waals surface area contributed by atoms with Crippen molar-refractivity contribution in [2.75, 3.05) is 25.9 Å². The lowest BCUT2D eigenvalue weighted by Crippen LogP contribution is -2.38. The molecule has 3 rings (SSSR count). The summed E-state index contributed by atoms with van der Waals surface area (Å²) < 4.78 is 0. The van der Waals surface area contributed by atoms with E-state index in [-0.39, 0.29) is 5.91 Å². The molecular formula is C23H30N2OS. The Morgan fingerprint density at radius 2 is 1.81 bits per heavy atom. The molecule has 1 amide bonds. The van der Waals surface area contributed by atoms with Gasteiger partial charge in [-0.1, -0.05) is 37.3 Å². The summed E-state index contributed by atoms with van der Waals surface area (Å²) in [4.78, 5) is 16.3. The number of hydrogen-bond acceptors (Lipinski definition) is 3. The molecule has 1 heterocycles. The number of amides is 1. The number of thioether (sulfide) groups is 1. The smallest absolute Gasteiger partial charge is 0.251 e. The number of nitrogens with zero attached hydrogens (tertiary/aromatic N) is 1. The lowest BCUT2D eigenvalue weighted by atomic mass is 9.96. The van der Waals surface area contributed by atoms with E-state index < -0.39 is 0 Å². The molecule has 0 aliphatic carbocycles. The van der Waals surface area contributed by atoms with Crippen LogP contribution < -0.4 is 5.32 Å². The van der Waals surface area contributed by atoms with Crippen molar-refractivity contribution in [3.8, 4) is 0 Å². The van der Waals surface area contributed by atoms with Crippen LogP contribution in [0.25, 0.3) is 0 Å². The third kappa shape index (κ3) is 5.60. The molecule has 27 heavy (non-hydrogen) atoms. The van der Waals surface area contributed by atoms with Crippen molar-refractivity contribution < 1.29 is 4.79 Å². The molecule has 2 aromatic rings. The van der Waals surface area contributed by atoms with Crippen LogP contribution in [0, 0.1) is 5.92 Å². The van der Waals surface area contributed by atoms with Crippen molar-refractivity contribution in [2.45, 2.75) is 37.6 Å². The lowest BCUT2D eigenvalue weighted by Gasteiger charge is -2.32. The molecule has 0 saturated carbocycles. The maximum Gasteiger partial charge on any atom is 0.251 e. The Hall–Kier alpha value is -1.78. The van der Waals surface area contributed by atoms with Crippen LogP contribution in [0.3, 0.4) is 0 Å². The minimum atomic E-state index is 0.0500. The highest BCUT2D eigenvalue weighted by atomic mass is 32.2. The van der Waals surface area contributed by atoms with E-state index in [4.69, 9.17) is 0 Å². The van der Waals surface area contributed by atoms with Gasteiger partial charge >= 0.3 is 0 Å². The first-order valence-corrected chi connectivity index (χ1v) is 11.1. The topological polar surface area (TPSA) is 32.3 Å². The highest BCUT2D eigenvalue weighted by Crippen LogP contribution is 2.24. The third-order valence-electron chi connectivity index (χ3n) is 5.47. The first-order chi connectivity index (χ1) is 13.2. The van der Waals surface area contributed by atoms with E-state index >= 15 is 0 Å². The van der Waals surface area contributed by atoms with Crippen LogP contribution in [0.5, 0.6) is 0 Å². The summed E-state index contributed by atoms with van der Waals surface area (Å²) in [5.41, 5.74) is 3.45. The monoisotopic (exact) mass is 382 g/mol. The summed E-state index contributed by atoms with van der Waals surface area (Å²) in [6.07, 6.45) is 5.44. The Kier molecular flexibility index (Phi) is 7.36. The van der Waals surface area contributed by atoms with Gasteiger partial charge in [-0.05, 0) is 73.9 Å². The fourth-order valence-corrected chi connectivity index (χ4v) is 4.26. The Bertz CT molecular complexity index is 736. The van der Waals surface area contributed by atoms with E-state index in [1.807, 2.05) is 36.0 Å². The maximum absolute atomic E-state index is 12.3. The van der Waals surface area contributed by atoms with Crippen molar-refractivity contribution in [1.29, 1.82) is 0 Å². The minimum absolute atomic E-state index is 0.0500. The molecule has 1 aliphatic rings. The number of nitrogens with one attached hydrogen (secondary N) is 1. The summed E-state index contributed by atoms with van der Waals surface area (Å²) in [5, 5.41) is 3.13. The lowest BCUT2D eigenvalue weighted by molar-refractivity contribution is 0.0935. The maximum atomic E-state index is 12.3. The van der Waals surface area contributed by atoms with E-state index in [1.54, 1.807) is 0 Å². The van der Waals surface area contributed by atoms with Crippen molar-refractivity contribution in [2.24, 2.45) is 5.92 Å². The molecule has 0 radical (unpaired) electrons.